The number of anilines is 1. The van der Waals surface area contributed by atoms with Crippen LogP contribution in [0, 0.1) is 5.82 Å². The Morgan fingerprint density at radius 1 is 1.10 bits per heavy atom. The van der Waals surface area contributed by atoms with E-state index < -0.39 is 5.91 Å². The number of aromatic nitrogens is 2. The number of ether oxygens (including phenoxy) is 1. The van der Waals surface area contributed by atoms with Gasteiger partial charge < -0.3 is 15.4 Å². The van der Waals surface area contributed by atoms with Gasteiger partial charge in [0.2, 0.25) is 10.9 Å². The Morgan fingerprint density at radius 3 is 2.62 bits per heavy atom. The summed E-state index contributed by atoms with van der Waals surface area (Å²) in [7, 11) is 1.58. The summed E-state index contributed by atoms with van der Waals surface area (Å²) in [5.41, 5.74) is 1.35. The van der Waals surface area contributed by atoms with E-state index in [0.29, 0.717) is 29.4 Å². The molecule has 7 nitrogen and oxygen atoms in total. The van der Waals surface area contributed by atoms with Gasteiger partial charge in [0.15, 0.2) is 0 Å². The van der Waals surface area contributed by atoms with Gasteiger partial charge in [-0.25, -0.2) is 4.39 Å². The molecule has 1 heterocycles. The van der Waals surface area contributed by atoms with Crippen molar-refractivity contribution in [2.24, 2.45) is 0 Å². The molecule has 2 amide bonds. The Labute approximate surface area is 170 Å². The summed E-state index contributed by atoms with van der Waals surface area (Å²) in [6.45, 7) is 0.365. The molecular formula is C20H19FN4O3S. The maximum atomic E-state index is 12.9. The molecule has 0 aliphatic rings. The molecule has 150 valence electrons. The lowest BCUT2D eigenvalue weighted by molar-refractivity contribution is -0.121. The molecule has 0 atom stereocenters. The average molecular weight is 414 g/mol. The highest BCUT2D eigenvalue weighted by Crippen LogP contribution is 2.17. The molecule has 2 aromatic carbocycles. The third-order valence-electron chi connectivity index (χ3n) is 4.00. The van der Waals surface area contributed by atoms with Crippen molar-refractivity contribution in [2.45, 2.75) is 19.4 Å². The van der Waals surface area contributed by atoms with E-state index in [4.69, 9.17) is 4.74 Å². The van der Waals surface area contributed by atoms with Crippen LogP contribution < -0.4 is 15.4 Å². The van der Waals surface area contributed by atoms with Crippen molar-refractivity contribution in [2.75, 3.05) is 12.4 Å². The molecule has 0 bridgehead atoms. The highest BCUT2D eigenvalue weighted by Gasteiger charge is 2.14. The summed E-state index contributed by atoms with van der Waals surface area (Å²) in [6.07, 6.45) is 0.600. The van der Waals surface area contributed by atoms with Gasteiger partial charge in [-0.05, 0) is 30.3 Å². The lowest BCUT2D eigenvalue weighted by Crippen LogP contribution is -2.23. The molecule has 0 saturated carbocycles. The fourth-order valence-electron chi connectivity index (χ4n) is 2.52. The SMILES string of the molecule is COc1ccccc1CNC(=O)CCc1nnc(C(=O)Nc2ccc(F)cc2)s1. The monoisotopic (exact) mass is 414 g/mol. The summed E-state index contributed by atoms with van der Waals surface area (Å²) in [6, 6.07) is 12.9. The fraction of sp³-hybridized carbons (Fsp3) is 0.200. The Morgan fingerprint density at radius 2 is 1.86 bits per heavy atom. The van der Waals surface area contributed by atoms with Gasteiger partial charge in [-0.3, -0.25) is 9.59 Å². The predicted octanol–water partition coefficient (Wildman–Crippen LogP) is 3.19. The van der Waals surface area contributed by atoms with Gasteiger partial charge in [0.05, 0.1) is 7.11 Å². The van der Waals surface area contributed by atoms with Crippen molar-refractivity contribution in [3.05, 3.63) is 69.9 Å². The van der Waals surface area contributed by atoms with E-state index in [1.807, 2.05) is 24.3 Å². The molecule has 0 aliphatic heterocycles. The minimum absolute atomic E-state index is 0.136. The average Bonchev–Trinajstić information content (AvgIpc) is 3.22. The molecule has 0 spiro atoms. The van der Waals surface area contributed by atoms with Gasteiger partial charge >= 0.3 is 0 Å². The maximum Gasteiger partial charge on any atom is 0.286 e. The van der Waals surface area contributed by atoms with E-state index in [9.17, 15) is 14.0 Å². The third kappa shape index (κ3) is 5.82. The van der Waals surface area contributed by atoms with E-state index in [2.05, 4.69) is 20.8 Å². The number of benzene rings is 2. The molecule has 0 radical (unpaired) electrons. The number of halogens is 1. The molecule has 0 aliphatic carbocycles. The van der Waals surface area contributed by atoms with Gasteiger partial charge in [0, 0.05) is 30.6 Å². The van der Waals surface area contributed by atoms with Crippen molar-refractivity contribution in [3.63, 3.8) is 0 Å². The number of hydrogen-bond acceptors (Lipinski definition) is 6. The second-order valence-electron chi connectivity index (χ2n) is 6.05. The van der Waals surface area contributed by atoms with Gasteiger partial charge in [0.25, 0.3) is 5.91 Å². The standard InChI is InChI=1S/C20H19FN4O3S/c1-28-16-5-3-2-4-13(16)12-22-17(26)10-11-18-24-25-20(29-18)19(27)23-15-8-6-14(21)7-9-15/h2-9H,10-12H2,1H3,(H,22,26)(H,23,27). The molecule has 3 aromatic rings. The summed E-state index contributed by atoms with van der Waals surface area (Å²) in [4.78, 5) is 24.3. The first-order chi connectivity index (χ1) is 14.0. The second-order valence-corrected chi connectivity index (χ2v) is 7.11. The Balaban J connectivity index is 1.47. The van der Waals surface area contributed by atoms with Crippen LogP contribution in [0.5, 0.6) is 5.75 Å². The molecule has 3 rings (SSSR count). The number of aryl methyl sites for hydroxylation is 1. The first-order valence-electron chi connectivity index (χ1n) is 8.83. The minimum atomic E-state index is -0.430. The molecule has 1 aromatic heterocycles. The van der Waals surface area contributed by atoms with Gasteiger partial charge in [-0.15, -0.1) is 10.2 Å². The molecule has 0 unspecified atom stereocenters. The number of hydrogen-bond donors (Lipinski definition) is 2. The van der Waals surface area contributed by atoms with Crippen LogP contribution in [-0.2, 0) is 17.8 Å². The maximum absolute atomic E-state index is 12.9. The number of nitrogens with zero attached hydrogens (tertiary/aromatic N) is 2. The topological polar surface area (TPSA) is 93.2 Å². The van der Waals surface area contributed by atoms with E-state index in [-0.39, 0.29) is 23.2 Å². The largest absolute Gasteiger partial charge is 0.496 e. The first kappa shape index (κ1) is 20.4. The zero-order valence-electron chi connectivity index (χ0n) is 15.6. The summed E-state index contributed by atoms with van der Waals surface area (Å²) in [5.74, 6) is -0.233. The normalized spacial score (nSPS) is 10.4. The van der Waals surface area contributed by atoms with Gasteiger partial charge in [0.1, 0.15) is 16.6 Å². The van der Waals surface area contributed by atoms with E-state index in [1.54, 1.807) is 7.11 Å². The van der Waals surface area contributed by atoms with Gasteiger partial charge in [-0.2, -0.15) is 0 Å². The molecular weight excluding hydrogens is 395 g/mol. The summed E-state index contributed by atoms with van der Waals surface area (Å²) in [5, 5.41) is 14.0. The highest BCUT2D eigenvalue weighted by molar-refractivity contribution is 7.13. The number of rotatable bonds is 8. The van der Waals surface area contributed by atoms with E-state index >= 15 is 0 Å². The number of carbonyl (C=O) groups is 2. The second kappa shape index (κ2) is 9.74. The van der Waals surface area contributed by atoms with Crippen LogP contribution in [0.2, 0.25) is 0 Å². The van der Waals surface area contributed by atoms with E-state index in [0.717, 1.165) is 16.9 Å². The van der Waals surface area contributed by atoms with Crippen LogP contribution in [0.4, 0.5) is 10.1 Å². The number of carbonyl (C=O) groups excluding carboxylic acids is 2. The predicted molar refractivity (Wildman–Crippen MR) is 107 cm³/mol. The quantitative estimate of drug-likeness (QED) is 0.591. The highest BCUT2D eigenvalue weighted by atomic mass is 32.1. The van der Waals surface area contributed by atoms with Gasteiger partial charge in [-0.1, -0.05) is 29.5 Å². The Kier molecular flexibility index (Phi) is 6.85. The van der Waals surface area contributed by atoms with Crippen LogP contribution >= 0.6 is 11.3 Å². The number of para-hydroxylation sites is 1. The van der Waals surface area contributed by atoms with Crippen LogP contribution in [0.3, 0.4) is 0 Å². The number of nitrogens with one attached hydrogen (secondary N) is 2. The van der Waals surface area contributed by atoms with Crippen molar-refractivity contribution in [1.82, 2.24) is 15.5 Å². The lowest BCUT2D eigenvalue weighted by atomic mass is 10.2. The van der Waals surface area contributed by atoms with Crippen LogP contribution in [0.25, 0.3) is 0 Å². The zero-order valence-corrected chi connectivity index (χ0v) is 16.5. The van der Waals surface area contributed by atoms with Crippen molar-refractivity contribution in [1.29, 1.82) is 0 Å². The third-order valence-corrected chi connectivity index (χ3v) is 4.98. The zero-order chi connectivity index (χ0) is 20.6. The molecule has 0 fully saturated rings. The summed E-state index contributed by atoms with van der Waals surface area (Å²) >= 11 is 1.12. The molecule has 2 N–H and O–H groups in total. The summed E-state index contributed by atoms with van der Waals surface area (Å²) < 4.78 is 18.2. The van der Waals surface area contributed by atoms with Crippen molar-refractivity contribution in [3.8, 4) is 5.75 Å². The minimum Gasteiger partial charge on any atom is -0.496 e. The van der Waals surface area contributed by atoms with Crippen molar-refractivity contribution < 1.29 is 18.7 Å². The van der Waals surface area contributed by atoms with Crippen LogP contribution in [0.15, 0.2) is 48.5 Å². The Hall–Kier alpha value is -3.33. The first-order valence-corrected chi connectivity index (χ1v) is 9.64. The van der Waals surface area contributed by atoms with E-state index in [1.165, 1.54) is 24.3 Å². The lowest BCUT2D eigenvalue weighted by Gasteiger charge is -2.09. The fourth-order valence-corrected chi connectivity index (χ4v) is 3.25. The van der Waals surface area contributed by atoms with Crippen LogP contribution in [0.1, 0.15) is 26.8 Å². The van der Waals surface area contributed by atoms with Crippen molar-refractivity contribution >= 4 is 28.8 Å². The number of amides is 2. The molecule has 0 saturated heterocycles. The number of methoxy groups -OCH3 is 1. The smallest absolute Gasteiger partial charge is 0.286 e. The molecule has 9 heteroatoms. The molecule has 29 heavy (non-hydrogen) atoms. The Bertz CT molecular complexity index is 991. The van der Waals surface area contributed by atoms with Crippen LogP contribution in [-0.4, -0.2) is 29.1 Å².